The van der Waals surface area contributed by atoms with Crippen molar-refractivity contribution in [3.63, 3.8) is 0 Å². The Morgan fingerprint density at radius 2 is 1.85 bits per heavy atom. The second-order valence-corrected chi connectivity index (χ2v) is 9.51. The van der Waals surface area contributed by atoms with Gasteiger partial charge in [0.2, 0.25) is 10.0 Å². The second kappa shape index (κ2) is 7.73. The maximum Gasteiger partial charge on any atom is 0.259 e. The number of halogens is 2. The normalized spacial score (nSPS) is 11.9. The number of hydrogen-bond donors (Lipinski definition) is 2. The molecule has 2 aromatic carbocycles. The molecule has 1 aromatic heterocycles. The Bertz CT molecular complexity index is 1090. The van der Waals surface area contributed by atoms with Gasteiger partial charge in [0.1, 0.15) is 4.90 Å². The van der Waals surface area contributed by atoms with E-state index < -0.39 is 15.9 Å². The van der Waals surface area contributed by atoms with Crippen LogP contribution >= 0.6 is 34.5 Å². The summed E-state index contributed by atoms with van der Waals surface area (Å²) < 4.78 is 28.2. The quantitative estimate of drug-likeness (QED) is 0.605. The van der Waals surface area contributed by atoms with E-state index >= 15 is 0 Å². The van der Waals surface area contributed by atoms with Crippen molar-refractivity contribution < 1.29 is 13.2 Å². The molecule has 0 atom stereocenters. The number of sulfonamides is 1. The Labute approximate surface area is 170 Å². The predicted molar refractivity (Wildman–Crippen MR) is 109 cm³/mol. The van der Waals surface area contributed by atoms with Crippen molar-refractivity contribution in [1.29, 1.82) is 0 Å². The SMILES string of the molecule is CC(C)NS(=O)(=O)c1cc(C(=O)Nc2nc3ccccc3s2)c(Cl)cc1Cl. The number of nitrogens with zero attached hydrogens (tertiary/aromatic N) is 1. The molecular weight excluding hydrogens is 429 g/mol. The summed E-state index contributed by atoms with van der Waals surface area (Å²) in [7, 11) is -3.89. The molecule has 0 radical (unpaired) electrons. The number of benzene rings is 2. The minimum absolute atomic E-state index is 0.00976. The summed E-state index contributed by atoms with van der Waals surface area (Å²) in [5.74, 6) is -0.572. The van der Waals surface area contributed by atoms with Crippen LogP contribution in [-0.2, 0) is 10.0 Å². The molecule has 3 aromatic rings. The highest BCUT2D eigenvalue weighted by molar-refractivity contribution is 7.89. The number of anilines is 1. The Balaban J connectivity index is 1.95. The van der Waals surface area contributed by atoms with Crippen LogP contribution in [-0.4, -0.2) is 25.4 Å². The molecule has 142 valence electrons. The molecule has 0 aliphatic heterocycles. The summed E-state index contributed by atoms with van der Waals surface area (Å²) in [6.45, 7) is 3.37. The van der Waals surface area contributed by atoms with Crippen LogP contribution in [0.5, 0.6) is 0 Å². The average molecular weight is 444 g/mol. The minimum atomic E-state index is -3.89. The number of hydrogen-bond acceptors (Lipinski definition) is 5. The Kier molecular flexibility index (Phi) is 5.73. The summed E-state index contributed by atoms with van der Waals surface area (Å²) in [5, 5.41) is 3.02. The molecular formula is C17H15Cl2N3O3S2. The van der Waals surface area contributed by atoms with E-state index in [9.17, 15) is 13.2 Å². The first-order chi connectivity index (χ1) is 12.7. The summed E-state index contributed by atoms with van der Waals surface area (Å²) >= 11 is 13.5. The molecule has 0 aliphatic carbocycles. The largest absolute Gasteiger partial charge is 0.298 e. The maximum atomic E-state index is 12.6. The Morgan fingerprint density at radius 1 is 1.15 bits per heavy atom. The molecule has 1 heterocycles. The highest BCUT2D eigenvalue weighted by atomic mass is 35.5. The topological polar surface area (TPSA) is 88.2 Å². The molecule has 0 saturated heterocycles. The van der Waals surface area contributed by atoms with E-state index in [1.165, 1.54) is 17.4 Å². The molecule has 0 saturated carbocycles. The second-order valence-electron chi connectivity index (χ2n) is 5.98. The smallest absolute Gasteiger partial charge is 0.259 e. The molecule has 27 heavy (non-hydrogen) atoms. The third kappa shape index (κ3) is 4.41. The van der Waals surface area contributed by atoms with Gasteiger partial charge >= 0.3 is 0 Å². The number of carbonyl (C=O) groups excluding carboxylic acids is 1. The first-order valence-corrected chi connectivity index (χ1v) is 10.9. The van der Waals surface area contributed by atoms with Crippen molar-refractivity contribution in [3.05, 3.63) is 52.0 Å². The molecule has 0 unspecified atom stereocenters. The number of amides is 1. The van der Waals surface area contributed by atoms with Gasteiger partial charge in [0.15, 0.2) is 5.13 Å². The van der Waals surface area contributed by atoms with Crippen molar-refractivity contribution in [3.8, 4) is 0 Å². The number of fused-ring (bicyclic) bond motifs is 1. The summed E-state index contributed by atoms with van der Waals surface area (Å²) in [5.41, 5.74) is 0.744. The predicted octanol–water partition coefficient (Wildman–Crippen LogP) is 4.54. The van der Waals surface area contributed by atoms with Crippen LogP contribution in [0.2, 0.25) is 10.0 Å². The fourth-order valence-corrected chi connectivity index (χ4v) is 5.34. The number of nitrogens with one attached hydrogen (secondary N) is 2. The molecule has 3 rings (SSSR count). The van der Waals surface area contributed by atoms with Crippen LogP contribution in [0.25, 0.3) is 10.2 Å². The highest BCUT2D eigenvalue weighted by Crippen LogP contribution is 2.30. The van der Waals surface area contributed by atoms with Gasteiger partial charge < -0.3 is 0 Å². The van der Waals surface area contributed by atoms with E-state index in [-0.39, 0.29) is 26.5 Å². The van der Waals surface area contributed by atoms with Crippen LogP contribution in [0.1, 0.15) is 24.2 Å². The molecule has 10 heteroatoms. The van der Waals surface area contributed by atoms with Gasteiger partial charge in [0, 0.05) is 6.04 Å². The first kappa shape index (κ1) is 20.0. The van der Waals surface area contributed by atoms with E-state index in [0.717, 1.165) is 16.3 Å². The van der Waals surface area contributed by atoms with Crippen LogP contribution in [0, 0.1) is 0 Å². The lowest BCUT2D eigenvalue weighted by atomic mass is 10.2. The number of aromatic nitrogens is 1. The van der Waals surface area contributed by atoms with E-state index in [0.29, 0.717) is 5.13 Å². The molecule has 0 spiro atoms. The maximum absolute atomic E-state index is 12.6. The molecule has 0 bridgehead atoms. The fraction of sp³-hybridized carbons (Fsp3) is 0.176. The van der Waals surface area contributed by atoms with Crippen molar-refractivity contribution in [2.75, 3.05) is 5.32 Å². The van der Waals surface area contributed by atoms with Crippen molar-refractivity contribution in [1.82, 2.24) is 9.71 Å². The number of para-hydroxylation sites is 1. The lowest BCUT2D eigenvalue weighted by molar-refractivity contribution is 0.102. The summed E-state index contributed by atoms with van der Waals surface area (Å²) in [4.78, 5) is 16.7. The number of thiazole rings is 1. The summed E-state index contributed by atoms with van der Waals surface area (Å²) in [6, 6.07) is 9.52. The zero-order chi connectivity index (χ0) is 19.8. The van der Waals surface area contributed by atoms with Crippen LogP contribution in [0.4, 0.5) is 5.13 Å². The van der Waals surface area contributed by atoms with Gasteiger partial charge in [-0.2, -0.15) is 0 Å². The standard InChI is InChI=1S/C17H15Cl2N3O3S2/c1-9(2)22-27(24,25)15-7-10(11(18)8-12(15)19)16(23)21-17-20-13-5-3-4-6-14(13)26-17/h3-9,22H,1-2H3,(H,20,21,23). The van der Waals surface area contributed by atoms with Crippen LogP contribution in [0.3, 0.4) is 0 Å². The average Bonchev–Trinajstić information content (AvgIpc) is 2.95. The minimum Gasteiger partial charge on any atom is -0.298 e. The molecule has 6 nitrogen and oxygen atoms in total. The zero-order valence-electron chi connectivity index (χ0n) is 14.3. The molecule has 0 aliphatic rings. The third-order valence-corrected chi connectivity index (χ3v) is 6.85. The Hall–Kier alpha value is -1.71. The van der Waals surface area contributed by atoms with Crippen molar-refractivity contribution in [2.45, 2.75) is 24.8 Å². The molecule has 0 fully saturated rings. The molecule has 2 N–H and O–H groups in total. The van der Waals surface area contributed by atoms with E-state index in [2.05, 4.69) is 15.0 Å². The van der Waals surface area contributed by atoms with Gasteiger partial charge in [-0.15, -0.1) is 0 Å². The monoisotopic (exact) mass is 443 g/mol. The van der Waals surface area contributed by atoms with Gasteiger partial charge in [0.05, 0.1) is 25.8 Å². The van der Waals surface area contributed by atoms with Crippen molar-refractivity contribution >= 4 is 65.8 Å². The van der Waals surface area contributed by atoms with E-state index in [4.69, 9.17) is 23.2 Å². The zero-order valence-corrected chi connectivity index (χ0v) is 17.4. The molecule has 1 amide bonds. The van der Waals surface area contributed by atoms with Crippen LogP contribution in [0.15, 0.2) is 41.3 Å². The van der Waals surface area contributed by atoms with Crippen molar-refractivity contribution in [2.24, 2.45) is 0 Å². The van der Waals surface area contributed by atoms with Gasteiger partial charge in [-0.1, -0.05) is 46.7 Å². The number of carbonyl (C=O) groups is 1. The Morgan fingerprint density at radius 3 is 2.52 bits per heavy atom. The fourth-order valence-electron chi connectivity index (χ4n) is 2.37. The van der Waals surface area contributed by atoms with Gasteiger partial charge in [-0.05, 0) is 38.1 Å². The van der Waals surface area contributed by atoms with Crippen LogP contribution < -0.4 is 10.0 Å². The van der Waals surface area contributed by atoms with E-state index in [1.807, 2.05) is 24.3 Å². The van der Waals surface area contributed by atoms with Gasteiger partial charge in [0.25, 0.3) is 5.91 Å². The third-order valence-electron chi connectivity index (χ3n) is 3.46. The highest BCUT2D eigenvalue weighted by Gasteiger charge is 2.23. The lowest BCUT2D eigenvalue weighted by Gasteiger charge is -2.13. The van der Waals surface area contributed by atoms with E-state index in [1.54, 1.807) is 13.8 Å². The van der Waals surface area contributed by atoms with Gasteiger partial charge in [-0.3, -0.25) is 10.1 Å². The summed E-state index contributed by atoms with van der Waals surface area (Å²) in [6.07, 6.45) is 0. The first-order valence-electron chi connectivity index (χ1n) is 7.85. The lowest BCUT2D eigenvalue weighted by Crippen LogP contribution is -2.30. The number of rotatable bonds is 5. The van der Waals surface area contributed by atoms with Gasteiger partial charge in [-0.25, -0.2) is 18.1 Å².